The van der Waals surface area contributed by atoms with Gasteiger partial charge in [-0.2, -0.15) is 10.4 Å². The third-order valence-corrected chi connectivity index (χ3v) is 11.3. The van der Waals surface area contributed by atoms with Crippen LogP contribution in [0.4, 0.5) is 0 Å². The van der Waals surface area contributed by atoms with Crippen molar-refractivity contribution in [1.82, 2.24) is 15.3 Å². The standard InChI is InChI=1S/C48H96N5O6/c1-6-9-12-15-18-27-34-44-58-47(54)38-30-23-19-25-32-41-51(43-35-40-49-52(50(4)5)45-53(56)57)42-33-26-20-24-31-39-48(55)59-46(36-28-21-16-13-10-7-2)37-29-22-17-14-11-8-3/h45-46,49H,6-44H2,1-5H3/q+1/b52-45-. The number of unbranched alkanes of at least 4 members (excludes halogenated alkanes) is 24. The van der Waals surface area contributed by atoms with Crippen LogP contribution in [0.3, 0.4) is 0 Å². The molecule has 0 amide bonds. The average Bonchev–Trinajstić information content (AvgIpc) is 3.21. The number of esters is 2. The van der Waals surface area contributed by atoms with Gasteiger partial charge in [-0.25, -0.2) is 0 Å². The molecule has 0 atom stereocenters. The van der Waals surface area contributed by atoms with E-state index >= 15 is 0 Å². The first-order chi connectivity index (χ1) is 28.7. The van der Waals surface area contributed by atoms with E-state index in [2.05, 4.69) is 31.1 Å². The molecule has 0 radical (unpaired) electrons. The third-order valence-electron chi connectivity index (χ3n) is 11.3. The quantitative estimate of drug-likeness (QED) is 0.0122. The Bertz CT molecular complexity index is 981. The van der Waals surface area contributed by atoms with Crippen molar-refractivity contribution in [1.29, 1.82) is 0 Å². The number of nitrogens with zero attached hydrogens (tertiary/aromatic N) is 4. The molecule has 11 nitrogen and oxygen atoms in total. The van der Waals surface area contributed by atoms with Crippen LogP contribution in [0.25, 0.3) is 0 Å². The molecule has 0 fully saturated rings. The summed E-state index contributed by atoms with van der Waals surface area (Å²) in [6, 6.07) is 0. The van der Waals surface area contributed by atoms with Crippen LogP contribution < -0.4 is 5.43 Å². The summed E-state index contributed by atoms with van der Waals surface area (Å²) in [5.41, 5.74) is 3.14. The number of ether oxygens (including phenoxy) is 2. The van der Waals surface area contributed by atoms with Crippen LogP contribution >= 0.6 is 0 Å². The van der Waals surface area contributed by atoms with Crippen LogP contribution in [-0.4, -0.2) is 90.9 Å². The highest BCUT2D eigenvalue weighted by Crippen LogP contribution is 2.19. The molecule has 0 aromatic rings. The van der Waals surface area contributed by atoms with E-state index in [0.717, 1.165) is 135 Å². The van der Waals surface area contributed by atoms with Crippen LogP contribution in [-0.2, 0) is 19.1 Å². The van der Waals surface area contributed by atoms with E-state index in [9.17, 15) is 19.7 Å². The predicted molar refractivity (Wildman–Crippen MR) is 246 cm³/mol. The Morgan fingerprint density at radius 2 is 0.966 bits per heavy atom. The van der Waals surface area contributed by atoms with Gasteiger partial charge in [-0.15, -0.1) is 0 Å². The number of hydrazine groups is 2. The number of carbonyl (C=O) groups excluding carboxylic acids is 2. The summed E-state index contributed by atoms with van der Waals surface area (Å²) in [5, 5.41) is 12.7. The highest BCUT2D eigenvalue weighted by Gasteiger charge is 2.15. The Morgan fingerprint density at radius 3 is 1.44 bits per heavy atom. The van der Waals surface area contributed by atoms with Crippen LogP contribution in [0.5, 0.6) is 0 Å². The van der Waals surface area contributed by atoms with E-state index < -0.39 is 4.92 Å². The molecular formula is C48H96N5O6+. The summed E-state index contributed by atoms with van der Waals surface area (Å²) in [7, 11) is 3.54. The zero-order chi connectivity index (χ0) is 43.4. The van der Waals surface area contributed by atoms with Gasteiger partial charge in [0, 0.05) is 19.4 Å². The molecule has 1 N–H and O–H groups in total. The number of hydrogen-bond donors (Lipinski definition) is 1. The van der Waals surface area contributed by atoms with Gasteiger partial charge in [0.1, 0.15) is 11.0 Å². The van der Waals surface area contributed by atoms with Crippen molar-refractivity contribution in [3.8, 4) is 0 Å². The zero-order valence-electron chi connectivity index (χ0n) is 39.5. The normalized spacial score (nSPS) is 11.7. The van der Waals surface area contributed by atoms with Gasteiger partial charge in [-0.1, -0.05) is 162 Å². The molecule has 0 unspecified atom stereocenters. The molecule has 11 heteroatoms. The summed E-state index contributed by atoms with van der Waals surface area (Å²) in [6.07, 6.45) is 39.4. The third kappa shape index (κ3) is 40.7. The highest BCUT2D eigenvalue weighted by molar-refractivity contribution is 5.69. The molecule has 0 heterocycles. The minimum Gasteiger partial charge on any atom is -0.466 e. The van der Waals surface area contributed by atoms with Crippen molar-refractivity contribution < 1.29 is 28.8 Å². The predicted octanol–water partition coefficient (Wildman–Crippen LogP) is 12.4. The van der Waals surface area contributed by atoms with Gasteiger partial charge in [-0.05, 0) is 77.3 Å². The summed E-state index contributed by atoms with van der Waals surface area (Å²) >= 11 is 0. The summed E-state index contributed by atoms with van der Waals surface area (Å²) in [4.78, 5) is 39.5. The Hall–Kier alpha value is -2.43. The second-order valence-electron chi connectivity index (χ2n) is 17.3. The molecule has 0 saturated carbocycles. The number of hydrogen-bond acceptors (Lipinski definition) is 9. The first-order valence-electron chi connectivity index (χ1n) is 25.0. The Labute approximate surface area is 363 Å². The van der Waals surface area contributed by atoms with Crippen LogP contribution in [0, 0.1) is 10.1 Å². The van der Waals surface area contributed by atoms with E-state index in [1.54, 1.807) is 19.1 Å². The smallest absolute Gasteiger partial charge is 0.466 e. The van der Waals surface area contributed by atoms with E-state index in [0.29, 0.717) is 26.0 Å². The molecular weight excluding hydrogens is 743 g/mol. The van der Waals surface area contributed by atoms with Crippen molar-refractivity contribution in [2.75, 3.05) is 46.9 Å². The summed E-state index contributed by atoms with van der Waals surface area (Å²) in [6.45, 7) is 10.9. The monoisotopic (exact) mass is 839 g/mol. The maximum Gasteiger partial charge on any atom is 0.516 e. The molecule has 0 saturated heterocycles. The highest BCUT2D eigenvalue weighted by atomic mass is 16.6. The molecule has 0 aromatic heterocycles. The fourth-order valence-corrected chi connectivity index (χ4v) is 7.61. The Kier molecular flexibility index (Phi) is 41.9. The molecule has 0 bridgehead atoms. The SMILES string of the molecule is CCCCCCCCCOC(=O)CCCCCCCN(CCCCCCCC(=O)OC(CCCCCCCC)CCCCCCCC)CCCN/[N+](=C/[N+](=O)[O-])N(C)C. The second kappa shape index (κ2) is 43.7. The lowest BCUT2D eigenvalue weighted by molar-refractivity contribution is -0.741. The molecule has 348 valence electrons. The lowest BCUT2D eigenvalue weighted by Crippen LogP contribution is -2.42. The lowest BCUT2D eigenvalue weighted by atomic mass is 10.0. The maximum atomic E-state index is 12.8. The van der Waals surface area contributed by atoms with Crippen LogP contribution in [0.2, 0.25) is 0 Å². The minimum atomic E-state index is -0.451. The average molecular weight is 839 g/mol. The molecule has 0 aliphatic carbocycles. The number of nitrogens with one attached hydrogen (secondary N) is 1. The number of hydrazone groups is 2. The number of rotatable bonds is 46. The van der Waals surface area contributed by atoms with E-state index in [1.165, 1.54) is 101 Å². The van der Waals surface area contributed by atoms with Crippen molar-refractivity contribution in [3.05, 3.63) is 10.1 Å². The molecule has 0 spiro atoms. The first kappa shape index (κ1) is 56.6. The Balaban J connectivity index is 4.55. The van der Waals surface area contributed by atoms with Crippen molar-refractivity contribution in [2.45, 2.75) is 245 Å². The van der Waals surface area contributed by atoms with E-state index in [1.807, 2.05) is 0 Å². The van der Waals surface area contributed by atoms with Crippen molar-refractivity contribution >= 4 is 18.3 Å². The van der Waals surface area contributed by atoms with E-state index in [4.69, 9.17) is 9.47 Å². The second-order valence-corrected chi connectivity index (χ2v) is 17.3. The lowest BCUT2D eigenvalue weighted by Gasteiger charge is -2.22. The van der Waals surface area contributed by atoms with Gasteiger partial charge in [0.15, 0.2) is 0 Å². The molecule has 0 aliphatic heterocycles. The van der Waals surface area contributed by atoms with Crippen molar-refractivity contribution in [2.24, 2.45) is 0 Å². The molecule has 59 heavy (non-hydrogen) atoms. The number of carbonyl (C=O) groups is 2. The van der Waals surface area contributed by atoms with Gasteiger partial charge >= 0.3 is 18.3 Å². The summed E-state index contributed by atoms with van der Waals surface area (Å²) in [5.74, 6) is -0.0558. The minimum absolute atomic E-state index is 0.00544. The zero-order valence-corrected chi connectivity index (χ0v) is 39.5. The van der Waals surface area contributed by atoms with Gasteiger partial charge in [0.25, 0.3) is 0 Å². The summed E-state index contributed by atoms with van der Waals surface area (Å²) < 4.78 is 11.5. The van der Waals surface area contributed by atoms with E-state index in [-0.39, 0.29) is 18.0 Å². The van der Waals surface area contributed by atoms with Crippen LogP contribution in [0.15, 0.2) is 0 Å². The van der Waals surface area contributed by atoms with Gasteiger partial charge < -0.3 is 14.4 Å². The fraction of sp³-hybridized carbons (Fsp3) is 0.938. The molecule has 0 aromatic carbocycles. The Morgan fingerprint density at radius 1 is 0.559 bits per heavy atom. The van der Waals surface area contributed by atoms with Gasteiger partial charge in [0.05, 0.1) is 32.0 Å². The van der Waals surface area contributed by atoms with Crippen molar-refractivity contribution in [3.63, 3.8) is 0 Å². The largest absolute Gasteiger partial charge is 0.516 e. The van der Waals surface area contributed by atoms with Crippen LogP contribution in [0.1, 0.15) is 239 Å². The fourth-order valence-electron chi connectivity index (χ4n) is 7.61. The van der Waals surface area contributed by atoms with Gasteiger partial charge in [0.2, 0.25) is 0 Å². The maximum absolute atomic E-state index is 12.8. The molecule has 0 aliphatic rings. The molecule has 0 rings (SSSR count). The van der Waals surface area contributed by atoms with Gasteiger partial charge in [-0.3, -0.25) is 19.7 Å². The first-order valence-corrected chi connectivity index (χ1v) is 25.0. The topological polar surface area (TPSA) is 117 Å². The number of nitro groups is 1.